The summed E-state index contributed by atoms with van der Waals surface area (Å²) in [5.41, 5.74) is 7.47. The first kappa shape index (κ1) is 14.0. The Balaban J connectivity index is 2.01. The first-order chi connectivity index (χ1) is 9.08. The second kappa shape index (κ2) is 6.12. The van der Waals surface area contributed by atoms with Gasteiger partial charge in [0.05, 0.1) is 12.5 Å². The van der Waals surface area contributed by atoms with Crippen molar-refractivity contribution in [3.05, 3.63) is 35.4 Å². The Kier molecular flexibility index (Phi) is 4.50. The van der Waals surface area contributed by atoms with Crippen molar-refractivity contribution in [2.75, 3.05) is 20.3 Å². The fraction of sp³-hybridized carbons (Fsp3) is 0.429. The summed E-state index contributed by atoms with van der Waals surface area (Å²) in [5.74, 6) is 0.141. The number of carbonyl (C=O) groups excluding carboxylic acids is 1. The lowest BCUT2D eigenvalue weighted by Crippen LogP contribution is -2.32. The average molecular weight is 278 g/mol. The van der Waals surface area contributed by atoms with Gasteiger partial charge in [-0.25, -0.2) is 0 Å². The molecular formula is C14H18N2O2S. The number of rotatable bonds is 4. The van der Waals surface area contributed by atoms with Gasteiger partial charge < -0.3 is 15.4 Å². The molecule has 102 valence electrons. The topological polar surface area (TPSA) is 55.6 Å². The van der Waals surface area contributed by atoms with Crippen LogP contribution in [0.25, 0.3) is 0 Å². The van der Waals surface area contributed by atoms with Gasteiger partial charge in [-0.15, -0.1) is 0 Å². The van der Waals surface area contributed by atoms with Crippen molar-refractivity contribution in [3.63, 3.8) is 0 Å². The summed E-state index contributed by atoms with van der Waals surface area (Å²) in [5, 5.41) is 0. The molecule has 1 amide bonds. The maximum atomic E-state index is 12.2. The third kappa shape index (κ3) is 3.52. The second-order valence-corrected chi connectivity index (χ2v) is 5.26. The lowest BCUT2D eigenvalue weighted by atomic mass is 10.1. The molecule has 2 N–H and O–H groups in total. The number of carbonyl (C=O) groups is 1. The summed E-state index contributed by atoms with van der Waals surface area (Å²) in [4.78, 5) is 14.3. The molecule has 1 atom stereocenters. The van der Waals surface area contributed by atoms with E-state index in [2.05, 4.69) is 0 Å². The molecule has 1 aliphatic rings. The van der Waals surface area contributed by atoms with E-state index in [1.165, 1.54) is 0 Å². The van der Waals surface area contributed by atoms with Gasteiger partial charge in [-0.1, -0.05) is 30.4 Å². The Morgan fingerprint density at radius 3 is 3.00 bits per heavy atom. The van der Waals surface area contributed by atoms with Crippen LogP contribution in [-0.2, 0) is 16.1 Å². The molecule has 0 saturated carbocycles. The Hall–Kier alpha value is -1.46. The first-order valence-electron chi connectivity index (χ1n) is 6.29. The lowest BCUT2D eigenvalue weighted by molar-refractivity contribution is -0.134. The summed E-state index contributed by atoms with van der Waals surface area (Å²) in [6.45, 7) is 1.78. The predicted octanol–water partition coefficient (Wildman–Crippen LogP) is 1.32. The van der Waals surface area contributed by atoms with Gasteiger partial charge in [-0.3, -0.25) is 4.79 Å². The minimum absolute atomic E-state index is 0.00349. The Bertz CT molecular complexity index is 484. The molecule has 0 aromatic heterocycles. The Morgan fingerprint density at radius 2 is 2.37 bits per heavy atom. The monoisotopic (exact) mass is 278 g/mol. The quantitative estimate of drug-likeness (QED) is 0.844. The number of benzene rings is 1. The number of amides is 1. The van der Waals surface area contributed by atoms with E-state index in [0.29, 0.717) is 24.7 Å². The van der Waals surface area contributed by atoms with E-state index < -0.39 is 0 Å². The molecule has 1 heterocycles. The van der Waals surface area contributed by atoms with Gasteiger partial charge in [0.25, 0.3) is 0 Å². The van der Waals surface area contributed by atoms with Crippen LogP contribution < -0.4 is 5.73 Å². The molecular weight excluding hydrogens is 260 g/mol. The molecule has 0 bridgehead atoms. The zero-order chi connectivity index (χ0) is 13.8. The van der Waals surface area contributed by atoms with Crippen LogP contribution >= 0.6 is 12.2 Å². The highest BCUT2D eigenvalue weighted by atomic mass is 32.1. The van der Waals surface area contributed by atoms with Crippen molar-refractivity contribution in [2.45, 2.75) is 13.0 Å². The van der Waals surface area contributed by atoms with Crippen molar-refractivity contribution in [1.82, 2.24) is 4.90 Å². The van der Waals surface area contributed by atoms with Gasteiger partial charge in [-0.2, -0.15) is 0 Å². The van der Waals surface area contributed by atoms with Crippen molar-refractivity contribution < 1.29 is 9.53 Å². The smallest absolute Gasteiger partial charge is 0.228 e. The molecule has 1 aromatic rings. The molecule has 1 aliphatic heterocycles. The van der Waals surface area contributed by atoms with Gasteiger partial charge in [0.2, 0.25) is 5.91 Å². The van der Waals surface area contributed by atoms with Crippen molar-refractivity contribution in [2.24, 2.45) is 11.7 Å². The predicted molar refractivity (Wildman–Crippen MR) is 77.7 cm³/mol. The molecule has 5 heteroatoms. The van der Waals surface area contributed by atoms with Crippen LogP contribution in [0.15, 0.2) is 24.3 Å². The number of nitrogens with two attached hydrogens (primary N) is 1. The second-order valence-electron chi connectivity index (χ2n) is 4.82. The summed E-state index contributed by atoms with van der Waals surface area (Å²) >= 11 is 4.95. The Labute approximate surface area is 118 Å². The highest BCUT2D eigenvalue weighted by Gasteiger charge is 2.26. The van der Waals surface area contributed by atoms with Crippen molar-refractivity contribution >= 4 is 23.1 Å². The first-order valence-corrected chi connectivity index (χ1v) is 6.70. The van der Waals surface area contributed by atoms with Gasteiger partial charge in [-0.05, 0) is 18.1 Å². The third-order valence-electron chi connectivity index (χ3n) is 3.29. The minimum Gasteiger partial charge on any atom is -0.389 e. The molecule has 2 rings (SSSR count). The summed E-state index contributed by atoms with van der Waals surface area (Å²) < 4.78 is 5.25. The number of thiocarbonyl (C=S) groups is 1. The van der Waals surface area contributed by atoms with E-state index in [-0.39, 0.29) is 11.8 Å². The van der Waals surface area contributed by atoms with Crippen LogP contribution in [-0.4, -0.2) is 36.1 Å². The fourth-order valence-corrected chi connectivity index (χ4v) is 2.34. The SMILES string of the molecule is CN(Cc1cccc(C(N)=S)c1)C(=O)C1CCOC1. The van der Waals surface area contributed by atoms with Gasteiger partial charge in [0.1, 0.15) is 4.99 Å². The molecule has 1 saturated heterocycles. The minimum atomic E-state index is 0.00349. The highest BCUT2D eigenvalue weighted by molar-refractivity contribution is 7.80. The molecule has 19 heavy (non-hydrogen) atoms. The summed E-state index contributed by atoms with van der Waals surface area (Å²) in [6.07, 6.45) is 0.816. The normalized spacial score (nSPS) is 18.3. The van der Waals surface area contributed by atoms with Crippen LogP contribution in [0.3, 0.4) is 0 Å². The average Bonchev–Trinajstić information content (AvgIpc) is 2.92. The molecule has 4 nitrogen and oxygen atoms in total. The molecule has 0 radical (unpaired) electrons. The zero-order valence-electron chi connectivity index (χ0n) is 11.0. The highest BCUT2D eigenvalue weighted by Crippen LogP contribution is 2.16. The van der Waals surface area contributed by atoms with Crippen LogP contribution in [0.5, 0.6) is 0 Å². The number of ether oxygens (including phenoxy) is 1. The van der Waals surface area contributed by atoms with Gasteiger partial charge >= 0.3 is 0 Å². The van der Waals surface area contributed by atoms with Gasteiger partial charge in [0.15, 0.2) is 0 Å². The van der Waals surface area contributed by atoms with E-state index in [1.54, 1.807) is 4.90 Å². The van der Waals surface area contributed by atoms with Crippen molar-refractivity contribution in [1.29, 1.82) is 0 Å². The fourth-order valence-electron chi connectivity index (χ4n) is 2.22. The van der Waals surface area contributed by atoms with E-state index in [4.69, 9.17) is 22.7 Å². The number of nitrogens with zero attached hydrogens (tertiary/aromatic N) is 1. The van der Waals surface area contributed by atoms with E-state index in [1.807, 2.05) is 31.3 Å². The molecule has 0 aliphatic carbocycles. The van der Waals surface area contributed by atoms with Crippen LogP contribution in [0.4, 0.5) is 0 Å². The maximum Gasteiger partial charge on any atom is 0.228 e. The largest absolute Gasteiger partial charge is 0.389 e. The lowest BCUT2D eigenvalue weighted by Gasteiger charge is -2.20. The standard InChI is InChI=1S/C14H18N2O2S/c1-16(14(17)12-5-6-18-9-12)8-10-3-2-4-11(7-10)13(15)19/h2-4,7,12H,5-6,8-9H2,1H3,(H2,15,19). The van der Waals surface area contributed by atoms with E-state index in [0.717, 1.165) is 17.5 Å². The summed E-state index contributed by atoms with van der Waals surface area (Å²) in [6, 6.07) is 7.67. The van der Waals surface area contributed by atoms with Gasteiger partial charge in [0, 0.05) is 25.8 Å². The Morgan fingerprint density at radius 1 is 1.58 bits per heavy atom. The number of hydrogen-bond donors (Lipinski definition) is 1. The van der Waals surface area contributed by atoms with Crippen LogP contribution in [0, 0.1) is 5.92 Å². The van der Waals surface area contributed by atoms with E-state index >= 15 is 0 Å². The van der Waals surface area contributed by atoms with Crippen molar-refractivity contribution in [3.8, 4) is 0 Å². The maximum absolute atomic E-state index is 12.2. The number of hydrogen-bond acceptors (Lipinski definition) is 3. The molecule has 1 aromatic carbocycles. The third-order valence-corrected chi connectivity index (χ3v) is 3.52. The van der Waals surface area contributed by atoms with Crippen LogP contribution in [0.2, 0.25) is 0 Å². The molecule has 0 spiro atoms. The van der Waals surface area contributed by atoms with E-state index in [9.17, 15) is 4.79 Å². The van der Waals surface area contributed by atoms with Crippen LogP contribution in [0.1, 0.15) is 17.5 Å². The molecule has 1 unspecified atom stereocenters. The zero-order valence-corrected chi connectivity index (χ0v) is 11.8. The summed E-state index contributed by atoms with van der Waals surface area (Å²) in [7, 11) is 1.81. The molecule has 1 fully saturated rings.